The van der Waals surface area contributed by atoms with Crippen LogP contribution in [0.2, 0.25) is 0 Å². The van der Waals surface area contributed by atoms with Gasteiger partial charge in [0.2, 0.25) is 5.75 Å². The second kappa shape index (κ2) is 4.98. The van der Waals surface area contributed by atoms with Gasteiger partial charge in [0.05, 0.1) is 18.2 Å². The smallest absolute Gasteiger partial charge is 0.334 e. The average Bonchev–Trinajstić information content (AvgIpc) is 2.25. The summed E-state index contributed by atoms with van der Waals surface area (Å²) in [4.78, 5) is 11.7. The molecule has 0 saturated carbocycles. The Kier molecular flexibility index (Phi) is 4.02. The van der Waals surface area contributed by atoms with Crippen molar-refractivity contribution in [2.75, 3.05) is 7.11 Å². The molecule has 0 radical (unpaired) electrons. The number of nitro groups is 1. The van der Waals surface area contributed by atoms with Crippen LogP contribution < -0.4 is 4.74 Å². The quantitative estimate of drug-likeness (QED) is 0.478. The van der Waals surface area contributed by atoms with Crippen molar-refractivity contribution < 1.29 is 26.9 Å². The molecule has 0 aromatic carbocycles. The summed E-state index contributed by atoms with van der Waals surface area (Å²) in [7, 11) is 1.32. The topological polar surface area (TPSA) is 99.4 Å². The molecule has 0 aliphatic carbocycles. The normalized spacial score (nSPS) is 11.6. The van der Waals surface area contributed by atoms with Crippen LogP contribution in [0.4, 0.5) is 14.5 Å². The fourth-order valence-corrected chi connectivity index (χ4v) is 2.10. The predicted molar refractivity (Wildman–Crippen MR) is 55.4 cm³/mol. The molecule has 1 rings (SSSR count). The Labute approximate surface area is 104 Å². The van der Waals surface area contributed by atoms with Crippen molar-refractivity contribution in [2.45, 2.75) is 11.3 Å². The minimum atomic E-state index is -4.51. The summed E-state index contributed by atoms with van der Waals surface area (Å²) in [5.41, 5.74) is -2.20. The molecule has 0 aliphatic heterocycles. The van der Waals surface area contributed by atoms with Gasteiger partial charge in [0, 0.05) is 10.7 Å². The first-order valence-corrected chi connectivity index (χ1v) is 6.45. The summed E-state index contributed by atoms with van der Waals surface area (Å²) in [6, 6.07) is 0. The summed E-state index contributed by atoms with van der Waals surface area (Å²) >= 11 is 0. The number of ether oxygens (including phenoxy) is 1. The van der Waals surface area contributed by atoms with Crippen molar-refractivity contribution in [2.24, 2.45) is 0 Å². The van der Waals surface area contributed by atoms with Gasteiger partial charge in [-0.25, -0.2) is 22.2 Å². The van der Waals surface area contributed by atoms with E-state index in [-0.39, 0.29) is 0 Å². The van der Waals surface area contributed by atoms with Crippen LogP contribution in [0.25, 0.3) is 0 Å². The number of pyridine rings is 1. The third-order valence-electron chi connectivity index (χ3n) is 1.86. The Balaban J connectivity index is 3.76. The first-order chi connectivity index (χ1) is 8.20. The van der Waals surface area contributed by atoms with Crippen molar-refractivity contribution in [3.63, 3.8) is 0 Å². The lowest BCUT2D eigenvalue weighted by molar-refractivity contribution is -0.389. The minimum absolute atomic E-state index is 0.393. The third kappa shape index (κ3) is 2.64. The first-order valence-electron chi connectivity index (χ1n) is 4.14. The fraction of sp³-hybridized carbons (Fsp3) is 0.286. The first kappa shape index (κ1) is 14.5. The van der Waals surface area contributed by atoms with Gasteiger partial charge in [0.15, 0.2) is 10.6 Å². The SMILES string of the molecule is COc1c(C(F)F)ncc(S(=O)(=O)Cl)c1[N+](=O)[O-]. The molecule has 0 spiro atoms. The summed E-state index contributed by atoms with van der Waals surface area (Å²) in [6.45, 7) is 0. The van der Waals surface area contributed by atoms with Crippen LogP contribution in [0.3, 0.4) is 0 Å². The van der Waals surface area contributed by atoms with Crippen molar-refractivity contribution in [3.8, 4) is 5.75 Å². The lowest BCUT2D eigenvalue weighted by atomic mass is 10.3. The number of alkyl halides is 2. The van der Waals surface area contributed by atoms with Crippen molar-refractivity contribution in [3.05, 3.63) is 22.0 Å². The number of halogens is 3. The molecular formula is C7H5ClF2N2O5S. The molecule has 1 heterocycles. The average molecular weight is 303 g/mol. The number of nitrogens with zero attached hydrogens (tertiary/aromatic N) is 2. The molecule has 0 aliphatic rings. The number of hydrogen-bond donors (Lipinski definition) is 0. The standard InChI is InChI=1S/C7H5ClF2N2O5S/c1-17-6-4(7(9)10)11-2-3(18(8,15)16)5(6)12(13)14/h2,7H,1H3. The molecule has 0 atom stereocenters. The highest BCUT2D eigenvalue weighted by Crippen LogP contribution is 2.40. The molecule has 100 valence electrons. The van der Waals surface area contributed by atoms with E-state index >= 15 is 0 Å². The van der Waals surface area contributed by atoms with E-state index in [1.54, 1.807) is 0 Å². The molecule has 7 nitrogen and oxygen atoms in total. The highest BCUT2D eigenvalue weighted by molar-refractivity contribution is 8.13. The van der Waals surface area contributed by atoms with Crippen LogP contribution in [0.5, 0.6) is 5.75 Å². The second-order valence-corrected chi connectivity index (χ2v) is 5.42. The van der Waals surface area contributed by atoms with Gasteiger partial charge >= 0.3 is 5.69 Å². The zero-order chi connectivity index (χ0) is 14.1. The largest absolute Gasteiger partial charge is 0.489 e. The monoisotopic (exact) mass is 302 g/mol. The van der Waals surface area contributed by atoms with Crippen molar-refractivity contribution in [1.29, 1.82) is 0 Å². The van der Waals surface area contributed by atoms with Gasteiger partial charge in [-0.15, -0.1) is 0 Å². The van der Waals surface area contributed by atoms with E-state index in [4.69, 9.17) is 10.7 Å². The van der Waals surface area contributed by atoms with Gasteiger partial charge in [-0.05, 0) is 0 Å². The Morgan fingerprint density at radius 2 is 2.11 bits per heavy atom. The fourth-order valence-electron chi connectivity index (χ4n) is 1.19. The van der Waals surface area contributed by atoms with Gasteiger partial charge in [0.1, 0.15) is 0 Å². The highest BCUT2D eigenvalue weighted by Gasteiger charge is 2.34. The van der Waals surface area contributed by atoms with Gasteiger partial charge in [-0.2, -0.15) is 0 Å². The van der Waals surface area contributed by atoms with E-state index in [2.05, 4.69) is 9.72 Å². The van der Waals surface area contributed by atoms with Gasteiger partial charge in [-0.1, -0.05) is 0 Å². The maximum atomic E-state index is 12.5. The molecule has 0 bridgehead atoms. The van der Waals surface area contributed by atoms with E-state index in [1.165, 1.54) is 0 Å². The molecule has 0 fully saturated rings. The number of hydrogen-bond acceptors (Lipinski definition) is 6. The zero-order valence-corrected chi connectivity index (χ0v) is 10.2. The zero-order valence-electron chi connectivity index (χ0n) is 8.63. The van der Waals surface area contributed by atoms with Gasteiger partial charge < -0.3 is 4.74 Å². The van der Waals surface area contributed by atoms with Gasteiger partial charge in [-0.3, -0.25) is 10.1 Å². The Morgan fingerprint density at radius 3 is 2.44 bits per heavy atom. The molecule has 1 aromatic rings. The van der Waals surface area contributed by atoms with Crippen LogP contribution in [0.1, 0.15) is 12.1 Å². The van der Waals surface area contributed by atoms with Crippen LogP contribution in [0.15, 0.2) is 11.1 Å². The number of rotatable bonds is 4. The maximum Gasteiger partial charge on any atom is 0.334 e. The molecule has 18 heavy (non-hydrogen) atoms. The lowest BCUT2D eigenvalue weighted by Gasteiger charge is -2.08. The van der Waals surface area contributed by atoms with Crippen LogP contribution >= 0.6 is 10.7 Å². The molecule has 11 heteroatoms. The minimum Gasteiger partial charge on any atom is -0.489 e. The van der Waals surface area contributed by atoms with E-state index in [0.29, 0.717) is 6.20 Å². The summed E-state index contributed by atoms with van der Waals surface area (Å²) < 4.78 is 51.7. The summed E-state index contributed by atoms with van der Waals surface area (Å²) in [5.74, 6) is -0.934. The third-order valence-corrected chi connectivity index (χ3v) is 3.18. The number of aromatic nitrogens is 1. The molecule has 0 amide bonds. The van der Waals surface area contributed by atoms with Crippen LogP contribution in [-0.4, -0.2) is 25.4 Å². The molecule has 0 unspecified atom stereocenters. The summed E-state index contributed by atoms with van der Waals surface area (Å²) in [5, 5.41) is 10.8. The van der Waals surface area contributed by atoms with Crippen LogP contribution in [0, 0.1) is 10.1 Å². The second-order valence-electron chi connectivity index (χ2n) is 2.89. The Bertz CT molecular complexity index is 592. The van der Waals surface area contributed by atoms with E-state index in [0.717, 1.165) is 7.11 Å². The Morgan fingerprint density at radius 1 is 1.56 bits per heavy atom. The van der Waals surface area contributed by atoms with Crippen molar-refractivity contribution >= 4 is 25.4 Å². The lowest BCUT2D eigenvalue weighted by Crippen LogP contribution is -2.06. The molecule has 0 N–H and O–H groups in total. The van der Waals surface area contributed by atoms with E-state index in [1.807, 2.05) is 0 Å². The van der Waals surface area contributed by atoms with Crippen LogP contribution in [-0.2, 0) is 9.05 Å². The van der Waals surface area contributed by atoms with E-state index < -0.39 is 42.4 Å². The van der Waals surface area contributed by atoms with Crippen molar-refractivity contribution in [1.82, 2.24) is 4.98 Å². The molecular weight excluding hydrogens is 298 g/mol. The molecule has 0 saturated heterocycles. The predicted octanol–water partition coefficient (Wildman–Crippen LogP) is 1.86. The summed E-state index contributed by atoms with van der Waals surface area (Å²) in [6.07, 6.45) is -2.77. The van der Waals surface area contributed by atoms with E-state index in [9.17, 15) is 27.3 Å². The highest BCUT2D eigenvalue weighted by atomic mass is 35.7. The molecule has 1 aromatic heterocycles. The van der Waals surface area contributed by atoms with Gasteiger partial charge in [0.25, 0.3) is 15.5 Å². The Hall–Kier alpha value is -1.55. The number of methoxy groups -OCH3 is 1. The maximum absolute atomic E-state index is 12.5.